The monoisotopic (exact) mass is 338 g/mol. The summed E-state index contributed by atoms with van der Waals surface area (Å²) in [5, 5.41) is 12.3. The lowest BCUT2D eigenvalue weighted by molar-refractivity contribution is 0.0912. The predicted octanol–water partition coefficient (Wildman–Crippen LogP) is 3.93. The zero-order valence-corrected chi connectivity index (χ0v) is 12.7. The van der Waals surface area contributed by atoms with Crippen LogP contribution in [0, 0.1) is 17.1 Å². The summed E-state index contributed by atoms with van der Waals surface area (Å²) in [4.78, 5) is 12.3. The van der Waals surface area contributed by atoms with Gasteiger partial charge in [0.05, 0.1) is 11.6 Å². The Balaban J connectivity index is 2.18. The van der Waals surface area contributed by atoms with Crippen molar-refractivity contribution in [3.8, 4) is 6.07 Å². The van der Waals surface area contributed by atoms with E-state index in [2.05, 4.69) is 27.3 Å². The number of rotatable bonds is 2. The number of hydrogen-bond donors (Lipinski definition) is 1. The van der Waals surface area contributed by atoms with Crippen LogP contribution in [-0.2, 0) is 0 Å². The molecule has 0 saturated heterocycles. The maximum atomic E-state index is 13.1. The summed E-state index contributed by atoms with van der Waals surface area (Å²) in [5.74, 6) is -0.738. The molecule has 1 N–H and O–H groups in total. The minimum absolute atomic E-state index is 0.333. The molecule has 0 bridgehead atoms. The van der Waals surface area contributed by atoms with Crippen LogP contribution >= 0.6 is 15.9 Å². The van der Waals surface area contributed by atoms with Crippen molar-refractivity contribution in [2.24, 2.45) is 0 Å². The molecule has 0 atom stereocenters. The largest absolute Gasteiger partial charge is 0.334 e. The molecule has 0 radical (unpaired) electrons. The molecule has 3 nitrogen and oxygen atoms in total. The predicted molar refractivity (Wildman–Crippen MR) is 77.6 cm³/mol. The molecule has 1 fully saturated rings. The van der Waals surface area contributed by atoms with E-state index in [4.69, 9.17) is 0 Å². The van der Waals surface area contributed by atoms with Gasteiger partial charge in [-0.25, -0.2) is 4.39 Å². The molecule has 0 aromatic heterocycles. The van der Waals surface area contributed by atoms with Crippen molar-refractivity contribution in [2.45, 2.75) is 44.1 Å². The first kappa shape index (κ1) is 15.0. The van der Waals surface area contributed by atoms with Crippen LogP contribution in [0.4, 0.5) is 4.39 Å². The molecular formula is C15H16BrFN2O. The fourth-order valence-corrected chi connectivity index (χ4v) is 3.09. The molecule has 1 aliphatic rings. The van der Waals surface area contributed by atoms with E-state index in [1.54, 1.807) is 0 Å². The molecule has 0 unspecified atom stereocenters. The fraction of sp³-hybridized carbons (Fsp3) is 0.467. The van der Waals surface area contributed by atoms with Crippen molar-refractivity contribution in [1.29, 1.82) is 5.26 Å². The van der Waals surface area contributed by atoms with E-state index < -0.39 is 11.4 Å². The van der Waals surface area contributed by atoms with Gasteiger partial charge >= 0.3 is 0 Å². The van der Waals surface area contributed by atoms with Crippen LogP contribution in [-0.4, -0.2) is 11.4 Å². The number of halogens is 2. The van der Waals surface area contributed by atoms with E-state index >= 15 is 0 Å². The molecular weight excluding hydrogens is 323 g/mol. The van der Waals surface area contributed by atoms with Gasteiger partial charge in [-0.15, -0.1) is 0 Å². The second-order valence-corrected chi connectivity index (χ2v) is 6.04. The van der Waals surface area contributed by atoms with Gasteiger partial charge in [0.2, 0.25) is 0 Å². The molecule has 1 saturated carbocycles. The summed E-state index contributed by atoms with van der Waals surface area (Å²) in [6.45, 7) is 0. The Morgan fingerprint density at radius 2 is 1.95 bits per heavy atom. The van der Waals surface area contributed by atoms with E-state index in [1.165, 1.54) is 18.2 Å². The van der Waals surface area contributed by atoms with E-state index in [9.17, 15) is 14.4 Å². The zero-order valence-electron chi connectivity index (χ0n) is 11.1. The van der Waals surface area contributed by atoms with Crippen LogP contribution in [0.1, 0.15) is 48.9 Å². The van der Waals surface area contributed by atoms with Crippen LogP contribution in [0.15, 0.2) is 22.7 Å². The second-order valence-electron chi connectivity index (χ2n) is 5.19. The molecule has 0 heterocycles. The van der Waals surface area contributed by atoms with E-state index in [-0.39, 0.29) is 5.91 Å². The lowest BCUT2D eigenvalue weighted by Crippen LogP contribution is -2.47. The Bertz CT molecular complexity index is 545. The molecule has 106 valence electrons. The van der Waals surface area contributed by atoms with E-state index in [1.807, 2.05) is 0 Å². The first-order valence-electron chi connectivity index (χ1n) is 6.75. The van der Waals surface area contributed by atoms with Crippen molar-refractivity contribution >= 4 is 21.8 Å². The van der Waals surface area contributed by atoms with Gasteiger partial charge in [-0.2, -0.15) is 5.26 Å². The summed E-state index contributed by atoms with van der Waals surface area (Å²) in [6, 6.07) is 6.19. The zero-order chi connectivity index (χ0) is 14.6. The van der Waals surface area contributed by atoms with Crippen molar-refractivity contribution in [1.82, 2.24) is 5.32 Å². The third kappa shape index (κ3) is 3.37. The van der Waals surface area contributed by atoms with Gasteiger partial charge < -0.3 is 5.32 Å². The average molecular weight is 339 g/mol. The van der Waals surface area contributed by atoms with E-state index in [0.29, 0.717) is 22.9 Å². The Kier molecular flexibility index (Phi) is 4.77. The highest BCUT2D eigenvalue weighted by atomic mass is 79.9. The van der Waals surface area contributed by atoms with Gasteiger partial charge in [-0.05, 0) is 47.0 Å². The number of hydrogen-bond acceptors (Lipinski definition) is 2. The van der Waals surface area contributed by atoms with Crippen LogP contribution in [0.2, 0.25) is 0 Å². The Labute approximate surface area is 126 Å². The van der Waals surface area contributed by atoms with Gasteiger partial charge in [0.1, 0.15) is 11.4 Å². The average Bonchev–Trinajstić information content (AvgIpc) is 2.64. The molecule has 1 amide bonds. The molecule has 1 aromatic rings. The molecule has 2 rings (SSSR count). The highest BCUT2D eigenvalue weighted by molar-refractivity contribution is 9.10. The third-order valence-electron chi connectivity index (χ3n) is 3.70. The van der Waals surface area contributed by atoms with Crippen molar-refractivity contribution in [2.75, 3.05) is 0 Å². The quantitative estimate of drug-likeness (QED) is 0.830. The van der Waals surface area contributed by atoms with Gasteiger partial charge in [-0.3, -0.25) is 4.79 Å². The third-order valence-corrected chi connectivity index (χ3v) is 4.36. The number of nitriles is 1. The highest BCUT2D eigenvalue weighted by Gasteiger charge is 2.33. The van der Waals surface area contributed by atoms with Gasteiger partial charge in [0, 0.05) is 4.47 Å². The SMILES string of the molecule is N#CC1(NC(=O)c2ccc(F)cc2Br)CCCCCC1. The summed E-state index contributed by atoms with van der Waals surface area (Å²) in [5.41, 5.74) is -0.438. The van der Waals surface area contributed by atoms with Crippen LogP contribution < -0.4 is 5.32 Å². The number of nitrogens with zero attached hydrogens (tertiary/aromatic N) is 1. The Morgan fingerprint density at radius 1 is 1.30 bits per heavy atom. The summed E-state index contributed by atoms with van der Waals surface area (Å²) in [7, 11) is 0. The Hall–Kier alpha value is -1.41. The summed E-state index contributed by atoms with van der Waals surface area (Å²) >= 11 is 3.18. The lowest BCUT2D eigenvalue weighted by Gasteiger charge is -2.26. The molecule has 5 heteroatoms. The first-order chi connectivity index (χ1) is 9.56. The van der Waals surface area contributed by atoms with Crippen molar-refractivity contribution < 1.29 is 9.18 Å². The standard InChI is InChI=1S/C15H16BrFN2O/c16-13-9-11(17)5-6-12(13)14(20)19-15(10-18)7-3-1-2-4-8-15/h5-6,9H,1-4,7-8H2,(H,19,20). The number of nitrogens with one attached hydrogen (secondary N) is 1. The first-order valence-corrected chi connectivity index (χ1v) is 7.54. The van der Waals surface area contributed by atoms with Gasteiger partial charge in [0.25, 0.3) is 5.91 Å². The Morgan fingerprint density at radius 3 is 2.50 bits per heavy atom. The molecule has 1 aliphatic carbocycles. The summed E-state index contributed by atoms with van der Waals surface area (Å²) < 4.78 is 13.5. The number of carbonyl (C=O) groups is 1. The minimum Gasteiger partial charge on any atom is -0.334 e. The maximum Gasteiger partial charge on any atom is 0.253 e. The highest BCUT2D eigenvalue weighted by Crippen LogP contribution is 2.27. The molecule has 0 spiro atoms. The normalized spacial score (nSPS) is 17.9. The summed E-state index contributed by atoms with van der Waals surface area (Å²) in [6.07, 6.45) is 5.43. The number of carbonyl (C=O) groups excluding carboxylic acids is 1. The smallest absolute Gasteiger partial charge is 0.253 e. The van der Waals surface area contributed by atoms with E-state index in [0.717, 1.165) is 25.7 Å². The van der Waals surface area contributed by atoms with Crippen LogP contribution in [0.25, 0.3) is 0 Å². The number of amides is 1. The van der Waals surface area contributed by atoms with Crippen molar-refractivity contribution in [3.63, 3.8) is 0 Å². The second kappa shape index (κ2) is 6.36. The molecule has 0 aliphatic heterocycles. The lowest BCUT2D eigenvalue weighted by atomic mass is 9.91. The minimum atomic E-state index is -0.790. The molecule has 20 heavy (non-hydrogen) atoms. The fourth-order valence-electron chi connectivity index (χ4n) is 2.56. The maximum absolute atomic E-state index is 13.1. The van der Waals surface area contributed by atoms with Crippen LogP contribution in [0.3, 0.4) is 0 Å². The van der Waals surface area contributed by atoms with Gasteiger partial charge in [0.15, 0.2) is 0 Å². The van der Waals surface area contributed by atoms with Crippen LogP contribution in [0.5, 0.6) is 0 Å². The topological polar surface area (TPSA) is 52.9 Å². The van der Waals surface area contributed by atoms with Gasteiger partial charge in [-0.1, -0.05) is 25.7 Å². The number of benzene rings is 1. The van der Waals surface area contributed by atoms with Crippen molar-refractivity contribution in [3.05, 3.63) is 34.1 Å². The molecule has 1 aromatic carbocycles.